The van der Waals surface area contributed by atoms with Crippen LogP contribution in [0.15, 0.2) is 9.42 Å². The van der Waals surface area contributed by atoms with Crippen LogP contribution in [0.2, 0.25) is 0 Å². The quantitative estimate of drug-likeness (QED) is 0.727. The summed E-state index contributed by atoms with van der Waals surface area (Å²) in [5.74, 6) is 0.585. The molecule has 1 aromatic rings. The Balaban J connectivity index is 3.28. The van der Waals surface area contributed by atoms with Gasteiger partial charge in [0.2, 0.25) is 10.0 Å². The molecule has 5 nitrogen and oxygen atoms in total. The van der Waals surface area contributed by atoms with Crippen molar-refractivity contribution in [2.75, 3.05) is 12.4 Å². The molecule has 19 heavy (non-hydrogen) atoms. The van der Waals surface area contributed by atoms with Gasteiger partial charge in [0.1, 0.15) is 10.6 Å². The van der Waals surface area contributed by atoms with Gasteiger partial charge in [-0.1, -0.05) is 19.0 Å². The lowest BCUT2D eigenvalue weighted by molar-refractivity contribution is 0.315. The molecule has 0 amide bonds. The van der Waals surface area contributed by atoms with E-state index in [0.29, 0.717) is 18.0 Å². The van der Waals surface area contributed by atoms with Crippen molar-refractivity contribution in [3.63, 3.8) is 0 Å². The normalized spacial score (nSPS) is 12.6. The molecular formula is C12H21ClN2O3S. The highest BCUT2D eigenvalue weighted by Crippen LogP contribution is 2.26. The van der Waals surface area contributed by atoms with E-state index in [0.717, 1.165) is 12.8 Å². The third kappa shape index (κ3) is 3.30. The largest absolute Gasteiger partial charge is 0.360 e. The Hall–Kier alpha value is -0.590. The van der Waals surface area contributed by atoms with Crippen LogP contribution >= 0.6 is 11.6 Å². The van der Waals surface area contributed by atoms with Crippen molar-refractivity contribution in [2.45, 2.75) is 51.5 Å². The number of aromatic nitrogens is 1. The second kappa shape index (κ2) is 6.72. The first-order valence-electron chi connectivity index (χ1n) is 6.40. The minimum atomic E-state index is -3.61. The maximum absolute atomic E-state index is 12.8. The van der Waals surface area contributed by atoms with Crippen molar-refractivity contribution in [3.8, 4) is 0 Å². The summed E-state index contributed by atoms with van der Waals surface area (Å²) in [5.41, 5.74) is 0.392. The maximum Gasteiger partial charge on any atom is 0.248 e. The molecule has 0 saturated carbocycles. The van der Waals surface area contributed by atoms with E-state index in [4.69, 9.17) is 16.1 Å². The first-order chi connectivity index (χ1) is 8.89. The van der Waals surface area contributed by atoms with Gasteiger partial charge in [-0.2, -0.15) is 4.31 Å². The van der Waals surface area contributed by atoms with Crippen LogP contribution in [0.3, 0.4) is 0 Å². The molecule has 0 bridgehead atoms. The molecular weight excluding hydrogens is 288 g/mol. The van der Waals surface area contributed by atoms with E-state index < -0.39 is 10.0 Å². The number of alkyl halides is 1. The fraction of sp³-hybridized carbons (Fsp3) is 0.750. The van der Waals surface area contributed by atoms with Crippen molar-refractivity contribution < 1.29 is 12.9 Å². The first-order valence-corrected chi connectivity index (χ1v) is 8.38. The number of rotatable bonds is 7. The van der Waals surface area contributed by atoms with Gasteiger partial charge in [-0.05, 0) is 26.7 Å². The molecule has 0 aromatic carbocycles. The zero-order valence-electron chi connectivity index (χ0n) is 11.8. The van der Waals surface area contributed by atoms with Gasteiger partial charge in [-0.15, -0.1) is 11.6 Å². The first kappa shape index (κ1) is 16.5. The topological polar surface area (TPSA) is 63.4 Å². The van der Waals surface area contributed by atoms with Crippen LogP contribution in [0.25, 0.3) is 0 Å². The Kier molecular flexibility index (Phi) is 5.82. The second-order valence-corrected chi connectivity index (χ2v) is 6.63. The summed E-state index contributed by atoms with van der Waals surface area (Å²) in [6.07, 6.45) is 1.49. The summed E-state index contributed by atoms with van der Waals surface area (Å²) < 4.78 is 31.9. The lowest BCUT2D eigenvalue weighted by atomic mass is 10.2. The molecule has 0 radical (unpaired) electrons. The average molecular weight is 309 g/mol. The predicted molar refractivity (Wildman–Crippen MR) is 75.0 cm³/mol. The average Bonchev–Trinajstić information content (AvgIpc) is 2.69. The maximum atomic E-state index is 12.8. The van der Waals surface area contributed by atoms with Gasteiger partial charge in [-0.3, -0.25) is 0 Å². The van der Waals surface area contributed by atoms with Crippen LogP contribution in [0.1, 0.15) is 38.1 Å². The minimum Gasteiger partial charge on any atom is -0.360 e. The monoisotopic (exact) mass is 308 g/mol. The van der Waals surface area contributed by atoms with Gasteiger partial charge in [0.15, 0.2) is 5.76 Å². The lowest BCUT2D eigenvalue weighted by Crippen LogP contribution is -2.41. The molecule has 0 saturated heterocycles. The molecule has 1 rings (SSSR count). The van der Waals surface area contributed by atoms with Crippen LogP contribution in [-0.2, 0) is 10.0 Å². The van der Waals surface area contributed by atoms with Crippen LogP contribution < -0.4 is 0 Å². The Labute approximate surface area is 120 Å². The van der Waals surface area contributed by atoms with Crippen LogP contribution in [0.5, 0.6) is 0 Å². The molecule has 0 atom stereocenters. The summed E-state index contributed by atoms with van der Waals surface area (Å²) in [7, 11) is -3.61. The molecule has 0 unspecified atom stereocenters. The van der Waals surface area contributed by atoms with E-state index in [1.54, 1.807) is 13.8 Å². The molecule has 0 aliphatic heterocycles. The molecule has 110 valence electrons. The van der Waals surface area contributed by atoms with E-state index in [1.165, 1.54) is 4.31 Å². The molecule has 0 aliphatic carbocycles. The SMILES string of the molecule is CCC(CC)N(CCCl)S(=O)(=O)c1c(C)noc1C. The second-order valence-electron chi connectivity index (χ2n) is 4.43. The van der Waals surface area contributed by atoms with Crippen LogP contribution in [0, 0.1) is 13.8 Å². The number of sulfonamides is 1. The van der Waals surface area contributed by atoms with Crippen LogP contribution in [-0.4, -0.2) is 36.3 Å². The van der Waals surface area contributed by atoms with E-state index >= 15 is 0 Å². The summed E-state index contributed by atoms with van der Waals surface area (Å²) in [5, 5.41) is 3.72. The summed E-state index contributed by atoms with van der Waals surface area (Å²) in [4.78, 5) is 0.171. The van der Waals surface area contributed by atoms with Gasteiger partial charge < -0.3 is 4.52 Å². The molecule has 7 heteroatoms. The van der Waals surface area contributed by atoms with Crippen molar-refractivity contribution in [1.82, 2.24) is 9.46 Å². The number of hydrogen-bond acceptors (Lipinski definition) is 4. The highest BCUT2D eigenvalue weighted by molar-refractivity contribution is 7.89. The van der Waals surface area contributed by atoms with Crippen molar-refractivity contribution in [2.24, 2.45) is 0 Å². The molecule has 0 fully saturated rings. The third-order valence-corrected chi connectivity index (χ3v) is 5.56. The van der Waals surface area contributed by atoms with Gasteiger partial charge in [0, 0.05) is 18.5 Å². The number of hydrogen-bond donors (Lipinski definition) is 0. The fourth-order valence-electron chi connectivity index (χ4n) is 2.24. The Morgan fingerprint density at radius 1 is 1.32 bits per heavy atom. The minimum absolute atomic E-state index is 0.0579. The predicted octanol–water partition coefficient (Wildman–Crippen LogP) is 2.71. The Morgan fingerprint density at radius 3 is 2.26 bits per heavy atom. The Morgan fingerprint density at radius 2 is 1.89 bits per heavy atom. The van der Waals surface area contributed by atoms with Crippen LogP contribution in [0.4, 0.5) is 0 Å². The number of nitrogens with zero attached hydrogens (tertiary/aromatic N) is 2. The lowest BCUT2D eigenvalue weighted by Gasteiger charge is -2.28. The molecule has 1 aromatic heterocycles. The number of aryl methyl sites for hydroxylation is 2. The van der Waals surface area contributed by atoms with Gasteiger partial charge in [-0.25, -0.2) is 8.42 Å². The number of halogens is 1. The highest BCUT2D eigenvalue weighted by atomic mass is 35.5. The fourth-order valence-corrected chi connectivity index (χ4v) is 4.59. The molecule has 0 aliphatic rings. The van der Waals surface area contributed by atoms with E-state index in [-0.39, 0.29) is 16.8 Å². The molecule has 0 spiro atoms. The van der Waals surface area contributed by atoms with Gasteiger partial charge >= 0.3 is 0 Å². The van der Waals surface area contributed by atoms with E-state index in [9.17, 15) is 8.42 Å². The van der Waals surface area contributed by atoms with E-state index in [2.05, 4.69) is 5.16 Å². The van der Waals surface area contributed by atoms with Crippen molar-refractivity contribution in [3.05, 3.63) is 11.5 Å². The van der Waals surface area contributed by atoms with Gasteiger partial charge in [0.05, 0.1) is 0 Å². The van der Waals surface area contributed by atoms with Crippen molar-refractivity contribution >= 4 is 21.6 Å². The smallest absolute Gasteiger partial charge is 0.248 e. The summed E-state index contributed by atoms with van der Waals surface area (Å²) in [6, 6.07) is -0.0579. The summed E-state index contributed by atoms with van der Waals surface area (Å²) >= 11 is 5.76. The van der Waals surface area contributed by atoms with E-state index in [1.807, 2.05) is 13.8 Å². The zero-order valence-corrected chi connectivity index (χ0v) is 13.4. The molecule has 1 heterocycles. The molecule has 0 N–H and O–H groups in total. The standard InChI is InChI=1S/C12H21ClN2O3S/c1-5-11(6-2)15(8-7-13)19(16,17)12-9(3)14-18-10(12)4/h11H,5-8H2,1-4H3. The summed E-state index contributed by atoms with van der Waals surface area (Å²) in [6.45, 7) is 7.48. The Bertz CT molecular complexity index is 490. The third-order valence-electron chi connectivity index (χ3n) is 3.19. The van der Waals surface area contributed by atoms with Crippen molar-refractivity contribution in [1.29, 1.82) is 0 Å². The van der Waals surface area contributed by atoms with Gasteiger partial charge in [0.25, 0.3) is 0 Å². The zero-order chi connectivity index (χ0) is 14.6. The highest BCUT2D eigenvalue weighted by Gasteiger charge is 2.34.